The molecule has 2 aromatic heterocycles. The number of methoxy groups -OCH3 is 1. The molecule has 0 radical (unpaired) electrons. The summed E-state index contributed by atoms with van der Waals surface area (Å²) in [6, 6.07) is 3.87. The highest BCUT2D eigenvalue weighted by atomic mass is 35.5. The minimum atomic E-state index is -0.287. The summed E-state index contributed by atoms with van der Waals surface area (Å²) in [6.07, 6.45) is 4.20. The van der Waals surface area contributed by atoms with E-state index in [-0.39, 0.29) is 11.2 Å². The topological polar surface area (TPSA) is 94.4 Å². The highest BCUT2D eigenvalue weighted by Crippen LogP contribution is 2.39. The molecule has 1 fully saturated rings. The molecule has 0 saturated carbocycles. The largest absolute Gasteiger partial charge is 0.377 e. The Morgan fingerprint density at radius 2 is 1.97 bits per heavy atom. The van der Waals surface area contributed by atoms with E-state index in [0.717, 1.165) is 48.2 Å². The molecule has 3 aromatic rings. The van der Waals surface area contributed by atoms with Crippen molar-refractivity contribution < 1.29 is 4.74 Å². The first-order chi connectivity index (χ1) is 15.4. The standard InChI is InChI=1S/C22H28ClN7O2/c1-27-12-14-15(26-27)4-5-17(18(14)23)30-9-6-16-19(30)20(31)28(2)21(25-16)29-10-7-22(13-24,32-3)8-11-29/h4-5,12H,6-11,13,24H2,1-3H3. The Balaban J connectivity index is 1.50. The third kappa shape index (κ3) is 3.18. The smallest absolute Gasteiger partial charge is 0.278 e. The number of benzene rings is 1. The van der Waals surface area contributed by atoms with Crippen LogP contribution >= 0.6 is 11.6 Å². The number of aryl methyl sites for hydroxylation is 1. The molecule has 0 spiro atoms. The fraction of sp³-hybridized carbons (Fsp3) is 0.500. The molecule has 0 unspecified atom stereocenters. The molecular formula is C22H28ClN7O2. The van der Waals surface area contributed by atoms with Crippen LogP contribution in [-0.4, -0.2) is 58.2 Å². The maximum absolute atomic E-state index is 13.5. The van der Waals surface area contributed by atoms with Crippen molar-refractivity contribution in [1.29, 1.82) is 0 Å². The monoisotopic (exact) mass is 457 g/mol. The molecule has 0 bridgehead atoms. The van der Waals surface area contributed by atoms with Gasteiger partial charge in [0.05, 0.1) is 27.5 Å². The zero-order chi connectivity index (χ0) is 22.6. The molecule has 32 heavy (non-hydrogen) atoms. The number of anilines is 3. The predicted octanol–water partition coefficient (Wildman–Crippen LogP) is 1.96. The maximum atomic E-state index is 13.5. The van der Waals surface area contributed by atoms with Gasteiger partial charge in [0.25, 0.3) is 5.56 Å². The van der Waals surface area contributed by atoms with E-state index in [1.807, 2.05) is 30.3 Å². The number of ether oxygens (including phenoxy) is 1. The van der Waals surface area contributed by atoms with Crippen molar-refractivity contribution in [3.63, 3.8) is 0 Å². The van der Waals surface area contributed by atoms with E-state index < -0.39 is 0 Å². The third-order valence-electron chi connectivity index (χ3n) is 6.93. The highest BCUT2D eigenvalue weighted by molar-refractivity contribution is 6.38. The van der Waals surface area contributed by atoms with Gasteiger partial charge in [0, 0.05) is 65.4 Å². The quantitative estimate of drug-likeness (QED) is 0.639. The molecule has 10 heteroatoms. The number of nitrogens with two attached hydrogens (primary N) is 1. The van der Waals surface area contributed by atoms with E-state index in [1.165, 1.54) is 0 Å². The Bertz CT molecular complexity index is 1240. The average Bonchev–Trinajstić information content (AvgIpc) is 3.40. The van der Waals surface area contributed by atoms with Crippen LogP contribution in [0.2, 0.25) is 5.02 Å². The molecule has 5 rings (SSSR count). The number of nitrogens with zero attached hydrogens (tertiary/aromatic N) is 6. The van der Waals surface area contributed by atoms with Gasteiger partial charge in [-0.3, -0.25) is 14.0 Å². The summed E-state index contributed by atoms with van der Waals surface area (Å²) in [5.74, 6) is 0.700. The van der Waals surface area contributed by atoms with Gasteiger partial charge in [-0.25, -0.2) is 4.98 Å². The molecule has 0 atom stereocenters. The molecule has 2 N–H and O–H groups in total. The maximum Gasteiger partial charge on any atom is 0.278 e. The molecule has 0 amide bonds. The number of piperidine rings is 1. The van der Waals surface area contributed by atoms with Crippen LogP contribution in [0, 0.1) is 0 Å². The minimum absolute atomic E-state index is 0.0627. The van der Waals surface area contributed by atoms with E-state index >= 15 is 0 Å². The molecule has 0 aliphatic carbocycles. The summed E-state index contributed by atoms with van der Waals surface area (Å²) in [7, 11) is 5.37. The Morgan fingerprint density at radius 3 is 2.66 bits per heavy atom. The van der Waals surface area contributed by atoms with Crippen LogP contribution in [0.5, 0.6) is 0 Å². The van der Waals surface area contributed by atoms with Crippen molar-refractivity contribution >= 4 is 39.8 Å². The minimum Gasteiger partial charge on any atom is -0.377 e. The number of aromatic nitrogens is 4. The van der Waals surface area contributed by atoms with Crippen molar-refractivity contribution in [2.45, 2.75) is 24.9 Å². The fourth-order valence-corrected chi connectivity index (χ4v) is 5.21. The van der Waals surface area contributed by atoms with Gasteiger partial charge >= 0.3 is 0 Å². The molecule has 1 aromatic carbocycles. The van der Waals surface area contributed by atoms with Gasteiger partial charge < -0.3 is 20.3 Å². The Labute approximate surface area is 191 Å². The first-order valence-electron chi connectivity index (χ1n) is 10.9. The zero-order valence-corrected chi connectivity index (χ0v) is 19.4. The lowest BCUT2D eigenvalue weighted by Crippen LogP contribution is -2.51. The second-order valence-electron chi connectivity index (χ2n) is 8.69. The normalized spacial score (nSPS) is 17.9. The number of fused-ring (bicyclic) bond motifs is 2. The van der Waals surface area contributed by atoms with Gasteiger partial charge in [0.1, 0.15) is 5.69 Å². The molecule has 9 nitrogen and oxygen atoms in total. The lowest BCUT2D eigenvalue weighted by atomic mass is 9.91. The summed E-state index contributed by atoms with van der Waals surface area (Å²) in [5, 5.41) is 5.89. The van der Waals surface area contributed by atoms with Gasteiger partial charge in [0.15, 0.2) is 0 Å². The lowest BCUT2D eigenvalue weighted by Gasteiger charge is -2.40. The fourth-order valence-electron chi connectivity index (χ4n) is 4.90. The first kappa shape index (κ1) is 21.2. The van der Waals surface area contributed by atoms with Crippen molar-refractivity contribution in [2.75, 3.05) is 43.1 Å². The first-order valence-corrected chi connectivity index (χ1v) is 11.2. The van der Waals surface area contributed by atoms with Crippen LogP contribution in [0.3, 0.4) is 0 Å². The van der Waals surface area contributed by atoms with Gasteiger partial charge in [-0.15, -0.1) is 0 Å². The highest BCUT2D eigenvalue weighted by Gasteiger charge is 2.36. The van der Waals surface area contributed by atoms with E-state index in [9.17, 15) is 4.79 Å². The van der Waals surface area contributed by atoms with Crippen LogP contribution in [0.25, 0.3) is 10.9 Å². The van der Waals surface area contributed by atoms with E-state index in [4.69, 9.17) is 27.1 Å². The van der Waals surface area contributed by atoms with E-state index in [1.54, 1.807) is 23.4 Å². The van der Waals surface area contributed by atoms with Crippen molar-refractivity contribution in [3.05, 3.63) is 39.4 Å². The van der Waals surface area contributed by atoms with Gasteiger partial charge in [-0.1, -0.05) is 11.6 Å². The summed E-state index contributed by atoms with van der Waals surface area (Å²) >= 11 is 6.75. The van der Waals surface area contributed by atoms with Gasteiger partial charge in [-0.2, -0.15) is 5.10 Å². The Kier molecular flexibility index (Phi) is 5.15. The molecule has 2 aliphatic heterocycles. The van der Waals surface area contributed by atoms with Crippen LogP contribution < -0.4 is 21.1 Å². The Morgan fingerprint density at radius 1 is 1.22 bits per heavy atom. The van der Waals surface area contributed by atoms with Gasteiger partial charge in [0.2, 0.25) is 5.95 Å². The van der Waals surface area contributed by atoms with Gasteiger partial charge in [-0.05, 0) is 25.0 Å². The van der Waals surface area contributed by atoms with Crippen molar-refractivity contribution in [3.8, 4) is 0 Å². The SMILES string of the molecule is COC1(CN)CCN(c2nc3c(c(=O)n2C)N(c2ccc4nn(C)cc4c2Cl)CC3)CC1. The summed E-state index contributed by atoms with van der Waals surface area (Å²) in [5.41, 5.74) is 8.65. The molecule has 2 aliphatic rings. The van der Waals surface area contributed by atoms with Crippen LogP contribution in [-0.2, 0) is 25.3 Å². The summed E-state index contributed by atoms with van der Waals surface area (Å²) in [4.78, 5) is 22.5. The molecular weight excluding hydrogens is 430 g/mol. The predicted molar refractivity (Wildman–Crippen MR) is 126 cm³/mol. The second kappa shape index (κ2) is 7.75. The lowest BCUT2D eigenvalue weighted by molar-refractivity contribution is -0.0217. The number of hydrogen-bond donors (Lipinski definition) is 1. The number of rotatable bonds is 4. The molecule has 1 saturated heterocycles. The second-order valence-corrected chi connectivity index (χ2v) is 9.06. The summed E-state index contributed by atoms with van der Waals surface area (Å²) < 4.78 is 9.07. The summed E-state index contributed by atoms with van der Waals surface area (Å²) in [6.45, 7) is 2.64. The van der Waals surface area contributed by atoms with E-state index in [0.29, 0.717) is 36.2 Å². The molecule has 4 heterocycles. The Hall–Kier alpha value is -2.62. The third-order valence-corrected chi connectivity index (χ3v) is 7.33. The average molecular weight is 458 g/mol. The molecule has 170 valence electrons. The van der Waals surface area contributed by atoms with E-state index in [2.05, 4.69) is 10.00 Å². The van der Waals surface area contributed by atoms with Crippen LogP contribution in [0.4, 0.5) is 17.3 Å². The van der Waals surface area contributed by atoms with Crippen LogP contribution in [0.1, 0.15) is 18.5 Å². The zero-order valence-electron chi connectivity index (χ0n) is 18.6. The van der Waals surface area contributed by atoms with Crippen molar-refractivity contribution in [1.82, 2.24) is 19.3 Å². The number of halogens is 1. The number of hydrogen-bond acceptors (Lipinski definition) is 7. The van der Waals surface area contributed by atoms with Crippen LogP contribution in [0.15, 0.2) is 23.1 Å². The van der Waals surface area contributed by atoms with Crippen molar-refractivity contribution in [2.24, 2.45) is 19.8 Å².